The molecule has 0 aliphatic carbocycles. The molecule has 7 heteroatoms. The van der Waals surface area contributed by atoms with Gasteiger partial charge >= 0.3 is 0 Å². The Bertz CT molecular complexity index is 637. The lowest BCUT2D eigenvalue weighted by molar-refractivity contribution is -0.121. The Kier molecular flexibility index (Phi) is 4.99. The summed E-state index contributed by atoms with van der Waals surface area (Å²) >= 11 is 3.23. The van der Waals surface area contributed by atoms with E-state index in [0.717, 1.165) is 15.8 Å². The van der Waals surface area contributed by atoms with Crippen LogP contribution < -0.4 is 15.6 Å². The van der Waals surface area contributed by atoms with Crippen LogP contribution in [0.25, 0.3) is 0 Å². The summed E-state index contributed by atoms with van der Waals surface area (Å²) in [6.07, 6.45) is 1.80. The van der Waals surface area contributed by atoms with Crippen LogP contribution in [-0.4, -0.2) is 23.9 Å². The first-order valence-corrected chi connectivity index (χ1v) is 6.94. The number of nitrogens with one attached hydrogen (secondary N) is 3. The van der Waals surface area contributed by atoms with E-state index in [1.807, 2.05) is 0 Å². The van der Waals surface area contributed by atoms with Gasteiger partial charge in [-0.15, -0.1) is 0 Å². The fraction of sp³-hybridized carbons (Fsp3) is 0.143. The van der Waals surface area contributed by atoms with E-state index in [9.17, 15) is 9.59 Å². The maximum absolute atomic E-state index is 11.7. The quantitative estimate of drug-likeness (QED) is 0.734. The predicted molar refractivity (Wildman–Crippen MR) is 80.8 cm³/mol. The summed E-state index contributed by atoms with van der Waals surface area (Å²) in [4.78, 5) is 26.2. The molecule has 21 heavy (non-hydrogen) atoms. The van der Waals surface area contributed by atoms with Crippen molar-refractivity contribution in [1.29, 1.82) is 0 Å². The summed E-state index contributed by atoms with van der Waals surface area (Å²) in [6, 6.07) is 8.75. The minimum atomic E-state index is -0.413. The van der Waals surface area contributed by atoms with Crippen LogP contribution in [0.1, 0.15) is 16.1 Å². The smallest absolute Gasteiger partial charge is 0.286 e. The van der Waals surface area contributed by atoms with Crippen molar-refractivity contribution in [3.63, 3.8) is 0 Å². The first kappa shape index (κ1) is 15.1. The number of hydrogen-bond donors (Lipinski definition) is 3. The van der Waals surface area contributed by atoms with E-state index in [-0.39, 0.29) is 12.3 Å². The van der Waals surface area contributed by atoms with Crippen LogP contribution in [0.3, 0.4) is 0 Å². The molecule has 2 amide bonds. The molecule has 0 saturated heterocycles. The number of carbonyl (C=O) groups excluding carboxylic acids is 2. The van der Waals surface area contributed by atoms with E-state index in [2.05, 4.69) is 31.8 Å². The third-order valence-corrected chi connectivity index (χ3v) is 3.19. The van der Waals surface area contributed by atoms with Gasteiger partial charge in [0.05, 0.1) is 13.5 Å². The number of amides is 2. The van der Waals surface area contributed by atoms with E-state index < -0.39 is 5.91 Å². The number of H-pyrrole nitrogens is 1. The van der Waals surface area contributed by atoms with Gasteiger partial charge in [-0.2, -0.15) is 0 Å². The van der Waals surface area contributed by atoms with E-state index in [1.54, 1.807) is 43.6 Å². The number of hydrazine groups is 1. The van der Waals surface area contributed by atoms with Crippen molar-refractivity contribution in [3.8, 4) is 5.75 Å². The molecule has 2 aromatic rings. The molecule has 110 valence electrons. The van der Waals surface area contributed by atoms with E-state index in [4.69, 9.17) is 4.74 Å². The topological polar surface area (TPSA) is 83.2 Å². The lowest BCUT2D eigenvalue weighted by Gasteiger charge is -2.07. The Morgan fingerprint density at radius 1 is 1.24 bits per heavy atom. The van der Waals surface area contributed by atoms with Gasteiger partial charge < -0.3 is 9.72 Å². The molecule has 1 heterocycles. The van der Waals surface area contributed by atoms with Gasteiger partial charge in [-0.25, -0.2) is 0 Å². The normalized spacial score (nSPS) is 10.0. The largest absolute Gasteiger partial charge is 0.497 e. The molecule has 0 aliphatic rings. The molecular formula is C14H14BrN3O3. The molecular weight excluding hydrogens is 338 g/mol. The molecule has 3 N–H and O–H groups in total. The molecule has 0 spiro atoms. The first-order chi connectivity index (χ1) is 10.1. The zero-order chi connectivity index (χ0) is 15.2. The van der Waals surface area contributed by atoms with E-state index in [0.29, 0.717) is 5.69 Å². The number of rotatable bonds is 4. The lowest BCUT2D eigenvalue weighted by Crippen LogP contribution is -2.42. The molecule has 0 radical (unpaired) electrons. The van der Waals surface area contributed by atoms with Crippen LogP contribution in [-0.2, 0) is 11.2 Å². The predicted octanol–water partition coefficient (Wildman–Crippen LogP) is 1.79. The lowest BCUT2D eigenvalue weighted by atomic mass is 10.1. The fourth-order valence-electron chi connectivity index (χ4n) is 1.67. The maximum atomic E-state index is 11.7. The summed E-state index contributed by atoms with van der Waals surface area (Å²) in [6.45, 7) is 0. The van der Waals surface area contributed by atoms with Gasteiger partial charge in [-0.3, -0.25) is 20.4 Å². The Hall–Kier alpha value is -2.28. The number of halogens is 1. The molecule has 0 bridgehead atoms. The average Bonchev–Trinajstić information content (AvgIpc) is 2.92. The third-order valence-electron chi connectivity index (χ3n) is 2.73. The highest BCUT2D eigenvalue weighted by molar-refractivity contribution is 9.10. The summed E-state index contributed by atoms with van der Waals surface area (Å²) in [5, 5.41) is 0. The number of carbonyl (C=O) groups is 2. The molecule has 0 fully saturated rings. The van der Waals surface area contributed by atoms with Crippen LogP contribution in [0.4, 0.5) is 0 Å². The Morgan fingerprint density at radius 2 is 1.95 bits per heavy atom. The number of aromatic nitrogens is 1. The minimum absolute atomic E-state index is 0.165. The fourth-order valence-corrected chi connectivity index (χ4v) is 2.01. The van der Waals surface area contributed by atoms with Gasteiger partial charge in [0.25, 0.3) is 5.91 Å². The highest BCUT2D eigenvalue weighted by atomic mass is 79.9. The van der Waals surface area contributed by atoms with Crippen molar-refractivity contribution in [3.05, 3.63) is 52.3 Å². The number of aromatic amines is 1. The van der Waals surface area contributed by atoms with Crippen molar-refractivity contribution < 1.29 is 14.3 Å². The average molecular weight is 352 g/mol. The molecule has 6 nitrogen and oxygen atoms in total. The Balaban J connectivity index is 1.82. The molecule has 0 unspecified atom stereocenters. The van der Waals surface area contributed by atoms with Crippen LogP contribution >= 0.6 is 15.9 Å². The van der Waals surface area contributed by atoms with Crippen LogP contribution in [0.5, 0.6) is 5.75 Å². The zero-order valence-corrected chi connectivity index (χ0v) is 12.9. The zero-order valence-electron chi connectivity index (χ0n) is 11.3. The number of hydrogen-bond acceptors (Lipinski definition) is 3. The molecule has 0 atom stereocenters. The van der Waals surface area contributed by atoms with Crippen molar-refractivity contribution in [2.24, 2.45) is 0 Å². The van der Waals surface area contributed by atoms with E-state index >= 15 is 0 Å². The van der Waals surface area contributed by atoms with Crippen molar-refractivity contribution in [1.82, 2.24) is 15.8 Å². The Morgan fingerprint density at radius 3 is 2.52 bits per heavy atom. The Labute approximate surface area is 130 Å². The monoisotopic (exact) mass is 351 g/mol. The van der Waals surface area contributed by atoms with Crippen LogP contribution in [0, 0.1) is 0 Å². The third kappa shape index (κ3) is 4.35. The summed E-state index contributed by atoms with van der Waals surface area (Å²) in [5.41, 5.74) is 5.88. The summed E-state index contributed by atoms with van der Waals surface area (Å²) in [7, 11) is 1.58. The second-order valence-electron chi connectivity index (χ2n) is 4.26. The van der Waals surface area contributed by atoms with Crippen molar-refractivity contribution in [2.75, 3.05) is 7.11 Å². The molecule has 2 rings (SSSR count). The van der Waals surface area contributed by atoms with Gasteiger partial charge in [-0.05, 0) is 39.7 Å². The van der Waals surface area contributed by atoms with Crippen LogP contribution in [0.2, 0.25) is 0 Å². The summed E-state index contributed by atoms with van der Waals surface area (Å²) < 4.78 is 5.80. The number of benzene rings is 1. The van der Waals surface area contributed by atoms with Gasteiger partial charge in [0.1, 0.15) is 11.4 Å². The SMILES string of the molecule is COc1ccc(CC(=O)NNC(=O)c2cc(Br)c[nH]2)cc1. The molecule has 0 aliphatic heterocycles. The number of ether oxygens (including phenoxy) is 1. The van der Waals surface area contributed by atoms with Gasteiger partial charge in [0, 0.05) is 10.7 Å². The van der Waals surface area contributed by atoms with Gasteiger partial charge in [0.2, 0.25) is 5.91 Å². The van der Waals surface area contributed by atoms with Gasteiger partial charge in [0.15, 0.2) is 0 Å². The highest BCUT2D eigenvalue weighted by Gasteiger charge is 2.09. The summed E-state index contributed by atoms with van der Waals surface area (Å²) in [5.74, 6) is 0.00713. The molecule has 0 saturated carbocycles. The molecule has 1 aromatic heterocycles. The maximum Gasteiger partial charge on any atom is 0.286 e. The van der Waals surface area contributed by atoms with Crippen LogP contribution in [0.15, 0.2) is 41.0 Å². The standard InChI is InChI=1S/C14H14BrN3O3/c1-21-11-4-2-9(3-5-11)6-13(19)17-18-14(20)12-7-10(15)8-16-12/h2-5,7-8,16H,6H2,1H3,(H,17,19)(H,18,20). The highest BCUT2D eigenvalue weighted by Crippen LogP contribution is 2.12. The second kappa shape index (κ2) is 6.94. The minimum Gasteiger partial charge on any atom is -0.497 e. The van der Waals surface area contributed by atoms with E-state index in [1.165, 1.54) is 0 Å². The number of methoxy groups -OCH3 is 1. The van der Waals surface area contributed by atoms with Crippen molar-refractivity contribution >= 4 is 27.7 Å². The van der Waals surface area contributed by atoms with Crippen molar-refractivity contribution in [2.45, 2.75) is 6.42 Å². The molecule has 1 aromatic carbocycles. The first-order valence-electron chi connectivity index (χ1n) is 6.14. The second-order valence-corrected chi connectivity index (χ2v) is 5.17. The van der Waals surface area contributed by atoms with Gasteiger partial charge in [-0.1, -0.05) is 12.1 Å².